The van der Waals surface area contributed by atoms with Crippen LogP contribution in [0.3, 0.4) is 0 Å². The number of carbonyl (C=O) groups excluding carboxylic acids is 1. The quantitative estimate of drug-likeness (QED) is 0.625. The molecule has 2 aliphatic rings. The lowest BCUT2D eigenvalue weighted by atomic mass is 10.0. The van der Waals surface area contributed by atoms with Gasteiger partial charge >= 0.3 is 0 Å². The van der Waals surface area contributed by atoms with Crippen molar-refractivity contribution in [1.29, 1.82) is 0 Å². The molecule has 35 heavy (non-hydrogen) atoms. The zero-order valence-electron chi connectivity index (χ0n) is 20.1. The Kier molecular flexibility index (Phi) is 7.40. The number of benzene rings is 1. The lowest BCUT2D eigenvalue weighted by Crippen LogP contribution is -2.50. The van der Waals surface area contributed by atoms with E-state index in [2.05, 4.69) is 21.8 Å². The first-order valence-corrected chi connectivity index (χ1v) is 13.1. The Balaban J connectivity index is 1.69. The summed E-state index contributed by atoms with van der Waals surface area (Å²) in [6.45, 7) is 3.56. The van der Waals surface area contributed by atoms with Gasteiger partial charge in [0.1, 0.15) is 22.4 Å². The molecule has 186 valence electrons. The molecule has 3 atom stereocenters. The van der Waals surface area contributed by atoms with E-state index in [1.165, 1.54) is 33.9 Å². The fraction of sp³-hybridized carbons (Fsp3) is 0.480. The molecule has 1 aromatic heterocycles. The molecule has 0 radical (unpaired) electrons. The molecule has 1 aromatic carbocycles. The zero-order valence-corrected chi connectivity index (χ0v) is 20.9. The average Bonchev–Trinajstić information content (AvgIpc) is 3.69. The maximum absolute atomic E-state index is 13.6. The number of likely N-dealkylation sites (N-methyl/N-ethyl adjacent to an activating group) is 1. The van der Waals surface area contributed by atoms with Crippen LogP contribution in [0.2, 0.25) is 0 Å². The molecule has 1 amide bonds. The summed E-state index contributed by atoms with van der Waals surface area (Å²) in [6, 6.07) is 4.22. The summed E-state index contributed by atoms with van der Waals surface area (Å²) >= 11 is 0. The van der Waals surface area contributed by atoms with Crippen molar-refractivity contribution in [1.82, 2.24) is 19.2 Å². The average molecular weight is 499 g/mol. The molecule has 4 rings (SSSR count). The molecule has 2 heterocycles. The van der Waals surface area contributed by atoms with Gasteiger partial charge in [0.25, 0.3) is 5.91 Å². The fourth-order valence-electron chi connectivity index (χ4n) is 3.89. The van der Waals surface area contributed by atoms with Crippen LogP contribution in [0.5, 0.6) is 5.75 Å². The van der Waals surface area contributed by atoms with Crippen molar-refractivity contribution in [3.05, 3.63) is 48.0 Å². The predicted molar refractivity (Wildman–Crippen MR) is 129 cm³/mol. The third kappa shape index (κ3) is 5.64. The van der Waals surface area contributed by atoms with Crippen molar-refractivity contribution in [3.63, 3.8) is 0 Å². The minimum atomic E-state index is -3.93. The second-order valence-electron chi connectivity index (χ2n) is 9.22. The fourth-order valence-corrected chi connectivity index (χ4v) is 5.72. The molecule has 1 N–H and O–H groups in total. The molecule has 0 bridgehead atoms. The van der Waals surface area contributed by atoms with Crippen LogP contribution in [0, 0.1) is 23.7 Å². The Morgan fingerprint density at radius 3 is 2.77 bits per heavy atom. The molecule has 9 nitrogen and oxygen atoms in total. The van der Waals surface area contributed by atoms with Gasteiger partial charge in [0.2, 0.25) is 10.0 Å². The summed E-state index contributed by atoms with van der Waals surface area (Å²) in [7, 11) is -2.28. The molecule has 0 saturated heterocycles. The minimum absolute atomic E-state index is 0.0228. The molecule has 2 aromatic rings. The minimum Gasteiger partial charge on any atom is -0.487 e. The van der Waals surface area contributed by atoms with Gasteiger partial charge in [-0.25, -0.2) is 13.4 Å². The van der Waals surface area contributed by atoms with Crippen LogP contribution in [0.4, 0.5) is 0 Å². The number of fused-ring (bicyclic) bond motifs is 1. The monoisotopic (exact) mass is 498 g/mol. The maximum atomic E-state index is 13.6. The number of amides is 1. The number of hydrogen-bond donors (Lipinski definition) is 1. The van der Waals surface area contributed by atoms with Gasteiger partial charge in [0.15, 0.2) is 0 Å². The molecular formula is C25H30N4O5S. The second-order valence-corrected chi connectivity index (χ2v) is 11.1. The van der Waals surface area contributed by atoms with Crippen molar-refractivity contribution in [3.8, 4) is 17.6 Å². The van der Waals surface area contributed by atoms with Crippen LogP contribution >= 0.6 is 0 Å². The lowest BCUT2D eigenvalue weighted by Gasteiger charge is -2.37. The second kappa shape index (κ2) is 10.3. The van der Waals surface area contributed by atoms with Crippen LogP contribution in [-0.2, 0) is 10.0 Å². The standard InChI is InChI=1S/C25H30N4O5S/c1-17-14-29(18(2)16-30)35(32,33)24-9-8-20(7-6-19-4-5-19)12-22(24)34-23(17)15-28(3)25(31)21-13-26-10-11-27-21/h8-13,17-19,23,30H,4-5,14-16H2,1-3H3/t17-,18-,23+/m1/s1. The normalized spacial score (nSPS) is 22.4. The lowest BCUT2D eigenvalue weighted by molar-refractivity contribution is 0.0559. The molecule has 0 spiro atoms. The van der Waals surface area contributed by atoms with Crippen molar-refractivity contribution >= 4 is 15.9 Å². The number of aromatic nitrogens is 2. The van der Waals surface area contributed by atoms with E-state index in [1.54, 1.807) is 26.1 Å². The topological polar surface area (TPSA) is 113 Å². The van der Waals surface area contributed by atoms with Crippen LogP contribution in [0.25, 0.3) is 0 Å². The highest BCUT2D eigenvalue weighted by Gasteiger charge is 2.38. The van der Waals surface area contributed by atoms with E-state index in [-0.39, 0.29) is 47.9 Å². The van der Waals surface area contributed by atoms with Crippen molar-refractivity contribution in [2.45, 2.75) is 43.7 Å². The van der Waals surface area contributed by atoms with Crippen LogP contribution < -0.4 is 4.74 Å². The van der Waals surface area contributed by atoms with E-state index >= 15 is 0 Å². The summed E-state index contributed by atoms with van der Waals surface area (Å²) in [5.41, 5.74) is 0.883. The molecule has 1 fully saturated rings. The SMILES string of the molecule is C[C@@H]1CN([C@H](C)CO)S(=O)(=O)c2ccc(C#CC3CC3)cc2O[C@H]1CN(C)C(=O)c1cnccn1. The van der Waals surface area contributed by atoms with E-state index in [1.807, 2.05) is 6.92 Å². The van der Waals surface area contributed by atoms with E-state index in [0.717, 1.165) is 12.8 Å². The molecule has 1 aliphatic carbocycles. The Bertz CT molecular complexity index is 1240. The highest BCUT2D eigenvalue weighted by atomic mass is 32.2. The molecule has 1 saturated carbocycles. The first-order valence-electron chi connectivity index (χ1n) is 11.7. The number of ether oxygens (including phenoxy) is 1. The molecular weight excluding hydrogens is 468 g/mol. The summed E-state index contributed by atoms with van der Waals surface area (Å²) in [6.07, 6.45) is 6.00. The van der Waals surface area contributed by atoms with Crippen LogP contribution in [-0.4, -0.2) is 77.5 Å². The van der Waals surface area contributed by atoms with Gasteiger partial charge in [0, 0.05) is 49.4 Å². The van der Waals surface area contributed by atoms with E-state index in [4.69, 9.17) is 4.74 Å². The number of nitrogens with zero attached hydrogens (tertiary/aromatic N) is 4. The summed E-state index contributed by atoms with van der Waals surface area (Å²) < 4.78 is 34.7. The van der Waals surface area contributed by atoms with Crippen molar-refractivity contribution in [2.75, 3.05) is 26.7 Å². The van der Waals surface area contributed by atoms with Gasteiger partial charge in [-0.2, -0.15) is 4.31 Å². The number of aliphatic hydroxyl groups excluding tert-OH is 1. The van der Waals surface area contributed by atoms with Gasteiger partial charge in [-0.15, -0.1) is 0 Å². The van der Waals surface area contributed by atoms with Crippen LogP contribution in [0.15, 0.2) is 41.7 Å². The summed E-state index contributed by atoms with van der Waals surface area (Å²) in [4.78, 5) is 22.4. The highest BCUT2D eigenvalue weighted by molar-refractivity contribution is 7.89. The largest absolute Gasteiger partial charge is 0.487 e. The Morgan fingerprint density at radius 2 is 2.11 bits per heavy atom. The summed E-state index contributed by atoms with van der Waals surface area (Å²) in [5.74, 6) is 6.29. The van der Waals surface area contributed by atoms with Crippen molar-refractivity contribution in [2.24, 2.45) is 11.8 Å². The van der Waals surface area contributed by atoms with E-state index < -0.39 is 22.2 Å². The number of aliphatic hydroxyl groups is 1. The van der Waals surface area contributed by atoms with Gasteiger partial charge in [-0.3, -0.25) is 9.78 Å². The highest BCUT2D eigenvalue weighted by Crippen LogP contribution is 2.34. The van der Waals surface area contributed by atoms with Crippen LogP contribution in [0.1, 0.15) is 42.7 Å². The maximum Gasteiger partial charge on any atom is 0.273 e. The van der Waals surface area contributed by atoms with Gasteiger partial charge < -0.3 is 14.7 Å². The molecule has 1 aliphatic heterocycles. The van der Waals surface area contributed by atoms with Gasteiger partial charge in [0.05, 0.1) is 19.3 Å². The van der Waals surface area contributed by atoms with Gasteiger partial charge in [-0.05, 0) is 38.0 Å². The Morgan fingerprint density at radius 1 is 1.34 bits per heavy atom. The van der Waals surface area contributed by atoms with Crippen molar-refractivity contribution < 1.29 is 23.1 Å². The third-order valence-electron chi connectivity index (χ3n) is 6.25. The molecule has 10 heteroatoms. The predicted octanol–water partition coefficient (Wildman–Crippen LogP) is 1.78. The van der Waals surface area contributed by atoms with E-state index in [9.17, 15) is 18.3 Å². The zero-order chi connectivity index (χ0) is 25.2. The number of hydrogen-bond acceptors (Lipinski definition) is 7. The summed E-state index contributed by atoms with van der Waals surface area (Å²) in [5, 5.41) is 9.78. The molecule has 0 unspecified atom stereocenters. The Labute approximate surface area is 206 Å². The van der Waals surface area contributed by atoms with Gasteiger partial charge in [-0.1, -0.05) is 18.8 Å². The number of carbonyl (C=O) groups is 1. The first kappa shape index (κ1) is 25.1. The number of sulfonamides is 1. The smallest absolute Gasteiger partial charge is 0.273 e. The third-order valence-corrected chi connectivity index (χ3v) is 8.27. The first-order chi connectivity index (χ1) is 16.7. The van der Waals surface area contributed by atoms with E-state index in [0.29, 0.717) is 11.5 Å². The Hall–Kier alpha value is -3.00. The number of rotatable bonds is 5.